The maximum Gasteiger partial charge on any atom is 0.308 e. The largest absolute Gasteiger partial charge is 0.497 e. The molecule has 2 aliphatic rings. The molecule has 2 bridgehead atoms. The van der Waals surface area contributed by atoms with E-state index in [1.165, 1.54) is 0 Å². The highest BCUT2D eigenvalue weighted by molar-refractivity contribution is 5.97. The molecule has 24 heavy (non-hydrogen) atoms. The van der Waals surface area contributed by atoms with Gasteiger partial charge in [-0.05, 0) is 38.1 Å². The number of hydrogen-bond acceptors (Lipinski definition) is 3. The molecule has 0 spiro atoms. The Morgan fingerprint density at radius 3 is 2.12 bits per heavy atom. The van der Waals surface area contributed by atoms with Crippen LogP contribution in [-0.4, -0.2) is 24.1 Å². The van der Waals surface area contributed by atoms with Gasteiger partial charge in [0.1, 0.15) is 5.75 Å². The molecule has 0 heterocycles. The van der Waals surface area contributed by atoms with E-state index in [1.807, 2.05) is 26.0 Å². The minimum absolute atomic E-state index is 0.126. The number of carboxylic acids is 1. The Morgan fingerprint density at radius 2 is 1.62 bits per heavy atom. The van der Waals surface area contributed by atoms with Crippen molar-refractivity contribution in [2.45, 2.75) is 13.8 Å². The Bertz CT molecular complexity index is 728. The van der Waals surface area contributed by atoms with Gasteiger partial charge < -0.3 is 15.2 Å². The lowest BCUT2D eigenvalue weighted by molar-refractivity contribution is -0.146. The molecule has 0 aromatic heterocycles. The summed E-state index contributed by atoms with van der Waals surface area (Å²) in [6.07, 6.45) is 3.91. The van der Waals surface area contributed by atoms with Crippen LogP contribution < -0.4 is 10.1 Å². The van der Waals surface area contributed by atoms with Crippen molar-refractivity contribution >= 4 is 17.6 Å². The van der Waals surface area contributed by atoms with Crippen molar-refractivity contribution in [2.75, 3.05) is 12.4 Å². The summed E-state index contributed by atoms with van der Waals surface area (Å²) in [6, 6.07) is 7.01. The second-order valence-electron chi connectivity index (χ2n) is 6.50. The Kier molecular flexibility index (Phi) is 4.18. The zero-order valence-corrected chi connectivity index (χ0v) is 13.9. The number of nitrogens with one attached hydrogen (secondary N) is 1. The maximum absolute atomic E-state index is 12.8. The number of allylic oxidation sites excluding steroid dienone is 4. The second kappa shape index (κ2) is 6.15. The predicted octanol–water partition coefficient (Wildman–Crippen LogP) is 3.10. The molecule has 1 fully saturated rings. The lowest BCUT2D eigenvalue weighted by atomic mass is 9.82. The van der Waals surface area contributed by atoms with Crippen molar-refractivity contribution in [3.8, 4) is 5.75 Å². The van der Waals surface area contributed by atoms with Gasteiger partial charge in [0.15, 0.2) is 0 Å². The number of anilines is 1. The molecule has 1 aromatic rings. The van der Waals surface area contributed by atoms with Crippen molar-refractivity contribution in [1.29, 1.82) is 0 Å². The monoisotopic (exact) mass is 327 g/mol. The summed E-state index contributed by atoms with van der Waals surface area (Å²) in [6.45, 7) is 3.95. The van der Waals surface area contributed by atoms with E-state index in [-0.39, 0.29) is 17.7 Å². The third-order valence-corrected chi connectivity index (χ3v) is 4.93. The summed E-state index contributed by atoms with van der Waals surface area (Å²) < 4.78 is 5.10. The van der Waals surface area contributed by atoms with Crippen molar-refractivity contribution in [3.05, 3.63) is 47.6 Å². The molecule has 5 nitrogen and oxygen atoms in total. The van der Waals surface area contributed by atoms with Crippen LogP contribution in [0.3, 0.4) is 0 Å². The molecule has 3 rings (SSSR count). The number of amides is 1. The number of carbonyl (C=O) groups is 2. The number of carboxylic acid groups (broad SMARTS) is 1. The summed E-state index contributed by atoms with van der Waals surface area (Å²) in [5, 5.41) is 12.5. The Balaban J connectivity index is 1.86. The number of carbonyl (C=O) groups excluding carboxylic acids is 1. The van der Waals surface area contributed by atoms with Crippen molar-refractivity contribution in [3.63, 3.8) is 0 Å². The van der Waals surface area contributed by atoms with E-state index < -0.39 is 17.8 Å². The fourth-order valence-corrected chi connectivity index (χ4v) is 3.94. The van der Waals surface area contributed by atoms with Gasteiger partial charge in [-0.15, -0.1) is 0 Å². The fraction of sp³-hybridized carbons (Fsp3) is 0.368. The molecule has 0 aliphatic heterocycles. The van der Waals surface area contributed by atoms with Crippen LogP contribution in [-0.2, 0) is 9.59 Å². The number of ether oxygens (including phenoxy) is 1. The first-order chi connectivity index (χ1) is 11.4. The molecule has 2 N–H and O–H groups in total. The van der Waals surface area contributed by atoms with Crippen LogP contribution in [0.2, 0.25) is 0 Å². The van der Waals surface area contributed by atoms with Gasteiger partial charge in [-0.3, -0.25) is 9.59 Å². The Hall–Kier alpha value is -2.56. The topological polar surface area (TPSA) is 75.6 Å². The van der Waals surface area contributed by atoms with Gasteiger partial charge in [0.05, 0.1) is 18.9 Å². The number of fused-ring (bicyclic) bond motifs is 2. The minimum atomic E-state index is -0.916. The van der Waals surface area contributed by atoms with Crippen molar-refractivity contribution in [1.82, 2.24) is 0 Å². The molecule has 0 unspecified atom stereocenters. The Labute approximate surface area is 141 Å². The predicted molar refractivity (Wildman–Crippen MR) is 90.7 cm³/mol. The molecular weight excluding hydrogens is 306 g/mol. The highest BCUT2D eigenvalue weighted by atomic mass is 16.5. The van der Waals surface area contributed by atoms with Crippen LogP contribution in [0.4, 0.5) is 5.69 Å². The molecule has 1 saturated carbocycles. The average Bonchev–Trinajstić information content (AvgIpc) is 3.11. The quantitative estimate of drug-likeness (QED) is 0.833. The molecule has 1 amide bonds. The van der Waals surface area contributed by atoms with E-state index in [0.717, 1.165) is 11.1 Å². The summed E-state index contributed by atoms with van der Waals surface area (Å²) in [7, 11) is 1.58. The third kappa shape index (κ3) is 2.60. The summed E-state index contributed by atoms with van der Waals surface area (Å²) in [5.41, 5.74) is 2.81. The lowest BCUT2D eigenvalue weighted by Gasteiger charge is -2.23. The summed E-state index contributed by atoms with van der Waals surface area (Å²) in [5.74, 6) is -2.05. The van der Waals surface area contributed by atoms with Crippen LogP contribution in [0.5, 0.6) is 5.75 Å². The van der Waals surface area contributed by atoms with E-state index >= 15 is 0 Å². The SMILES string of the molecule is COc1ccc(NC(=O)[C@@H]2[C@@H](C(=O)O)[C@H]3C=C[C@H]2C3=C(C)C)cc1. The van der Waals surface area contributed by atoms with Gasteiger partial charge in [0.2, 0.25) is 5.91 Å². The highest BCUT2D eigenvalue weighted by Gasteiger charge is 2.54. The number of hydrogen-bond donors (Lipinski definition) is 2. The first-order valence-corrected chi connectivity index (χ1v) is 7.97. The molecule has 126 valence electrons. The van der Waals surface area contributed by atoms with Gasteiger partial charge in [-0.1, -0.05) is 23.3 Å². The van der Waals surface area contributed by atoms with E-state index in [2.05, 4.69) is 5.32 Å². The normalized spacial score (nSPS) is 27.2. The third-order valence-electron chi connectivity index (χ3n) is 4.93. The minimum Gasteiger partial charge on any atom is -0.497 e. The van der Waals surface area contributed by atoms with Crippen LogP contribution in [0, 0.1) is 23.7 Å². The zero-order valence-electron chi connectivity index (χ0n) is 13.9. The van der Waals surface area contributed by atoms with Crippen LogP contribution in [0.15, 0.2) is 47.6 Å². The highest BCUT2D eigenvalue weighted by Crippen LogP contribution is 2.53. The second-order valence-corrected chi connectivity index (χ2v) is 6.50. The van der Waals surface area contributed by atoms with Crippen LogP contribution in [0.25, 0.3) is 0 Å². The van der Waals surface area contributed by atoms with E-state index in [0.29, 0.717) is 11.4 Å². The van der Waals surface area contributed by atoms with Gasteiger partial charge in [0, 0.05) is 17.5 Å². The number of benzene rings is 1. The molecule has 5 heteroatoms. The van der Waals surface area contributed by atoms with E-state index in [4.69, 9.17) is 4.74 Å². The lowest BCUT2D eigenvalue weighted by Crippen LogP contribution is -2.36. The molecular formula is C19H21NO4. The Morgan fingerprint density at radius 1 is 1.04 bits per heavy atom. The van der Waals surface area contributed by atoms with Crippen LogP contribution in [0.1, 0.15) is 13.8 Å². The van der Waals surface area contributed by atoms with Crippen LogP contribution >= 0.6 is 0 Å². The molecule has 2 aliphatic carbocycles. The number of methoxy groups -OCH3 is 1. The van der Waals surface area contributed by atoms with Gasteiger partial charge in [0.25, 0.3) is 0 Å². The number of rotatable bonds is 4. The van der Waals surface area contributed by atoms with Gasteiger partial charge in [-0.2, -0.15) is 0 Å². The zero-order chi connectivity index (χ0) is 17.4. The van der Waals surface area contributed by atoms with Crippen molar-refractivity contribution < 1.29 is 19.4 Å². The standard InChI is InChI=1S/C19H21NO4/c1-10(2)15-13-8-9-14(15)17(19(22)23)16(13)18(21)20-11-4-6-12(24-3)7-5-11/h4-9,13-14,16-17H,1-3H3,(H,20,21)(H,22,23)/t13-,14-,16-,17-/m0/s1. The molecule has 0 radical (unpaired) electrons. The van der Waals surface area contributed by atoms with Gasteiger partial charge >= 0.3 is 5.97 Å². The van der Waals surface area contributed by atoms with Crippen molar-refractivity contribution in [2.24, 2.45) is 23.7 Å². The first-order valence-electron chi connectivity index (χ1n) is 7.97. The summed E-state index contributed by atoms with van der Waals surface area (Å²) in [4.78, 5) is 24.5. The average molecular weight is 327 g/mol. The molecule has 1 aromatic carbocycles. The van der Waals surface area contributed by atoms with E-state index in [9.17, 15) is 14.7 Å². The molecule has 0 saturated heterocycles. The first kappa shape index (κ1) is 16.3. The maximum atomic E-state index is 12.8. The fourth-order valence-electron chi connectivity index (χ4n) is 3.94. The van der Waals surface area contributed by atoms with Gasteiger partial charge in [-0.25, -0.2) is 0 Å². The van der Waals surface area contributed by atoms with E-state index in [1.54, 1.807) is 31.4 Å². The molecule has 4 atom stereocenters. The summed E-state index contributed by atoms with van der Waals surface area (Å²) >= 11 is 0. The number of aliphatic carboxylic acids is 1. The smallest absolute Gasteiger partial charge is 0.308 e.